The third-order valence-electron chi connectivity index (χ3n) is 3.51. The smallest absolute Gasteiger partial charge is 0.335 e. The first-order valence-corrected chi connectivity index (χ1v) is 6.62. The van der Waals surface area contributed by atoms with Crippen molar-refractivity contribution in [3.05, 3.63) is 35.4 Å². The number of rotatable bonds is 6. The normalized spacial score (nSPS) is 14.2. The van der Waals surface area contributed by atoms with Gasteiger partial charge in [0.05, 0.1) is 5.56 Å². The summed E-state index contributed by atoms with van der Waals surface area (Å²) < 4.78 is 0. The zero-order valence-corrected chi connectivity index (χ0v) is 11.1. The van der Waals surface area contributed by atoms with Gasteiger partial charge in [0.1, 0.15) is 0 Å². The van der Waals surface area contributed by atoms with Crippen molar-refractivity contribution in [2.24, 2.45) is 5.92 Å². The fourth-order valence-electron chi connectivity index (χ4n) is 2.04. The third kappa shape index (κ3) is 4.09. The van der Waals surface area contributed by atoms with Crippen LogP contribution < -0.4 is 0 Å². The Bertz CT molecular complexity index is 463. The molecule has 1 aromatic rings. The van der Waals surface area contributed by atoms with Crippen molar-refractivity contribution in [1.29, 1.82) is 0 Å². The van der Waals surface area contributed by atoms with Crippen LogP contribution in [0.1, 0.15) is 41.6 Å². The van der Waals surface area contributed by atoms with E-state index >= 15 is 0 Å². The highest BCUT2D eigenvalue weighted by Gasteiger charge is 2.22. The van der Waals surface area contributed by atoms with Crippen LogP contribution in [0.2, 0.25) is 0 Å². The van der Waals surface area contributed by atoms with Gasteiger partial charge in [0.25, 0.3) is 0 Å². The van der Waals surface area contributed by atoms with Crippen LogP contribution in [0, 0.1) is 5.92 Å². The largest absolute Gasteiger partial charge is 0.478 e. The van der Waals surface area contributed by atoms with Crippen molar-refractivity contribution in [2.45, 2.75) is 32.2 Å². The fourth-order valence-corrected chi connectivity index (χ4v) is 2.04. The lowest BCUT2D eigenvalue weighted by molar-refractivity contribution is -0.130. The molecule has 0 radical (unpaired) electrons. The van der Waals surface area contributed by atoms with Crippen LogP contribution in [0.5, 0.6) is 0 Å². The van der Waals surface area contributed by atoms with Gasteiger partial charge in [-0.25, -0.2) is 4.79 Å². The lowest BCUT2D eigenvalue weighted by Gasteiger charge is -2.17. The number of hydrogen-bond donors (Lipinski definition) is 1. The Hall–Kier alpha value is -1.84. The highest BCUT2D eigenvalue weighted by Crippen LogP contribution is 2.33. The maximum Gasteiger partial charge on any atom is 0.335 e. The zero-order chi connectivity index (χ0) is 13.8. The number of carboxylic acid groups (broad SMARTS) is 1. The number of hydrogen-bond acceptors (Lipinski definition) is 2. The maximum absolute atomic E-state index is 11.9. The Kier molecular flexibility index (Phi) is 4.20. The van der Waals surface area contributed by atoms with Gasteiger partial charge >= 0.3 is 5.97 Å². The highest BCUT2D eigenvalue weighted by atomic mass is 16.4. The first kappa shape index (κ1) is 13.6. The topological polar surface area (TPSA) is 57.6 Å². The van der Waals surface area contributed by atoms with Gasteiger partial charge in [0, 0.05) is 20.0 Å². The first-order valence-electron chi connectivity index (χ1n) is 6.62. The number of carbonyl (C=O) groups excluding carboxylic acids is 1. The van der Waals surface area contributed by atoms with Gasteiger partial charge in [-0.15, -0.1) is 0 Å². The Balaban J connectivity index is 1.84. The van der Waals surface area contributed by atoms with Crippen LogP contribution in [0.15, 0.2) is 24.3 Å². The Labute approximate surface area is 113 Å². The van der Waals surface area contributed by atoms with Crippen LogP contribution in [0.3, 0.4) is 0 Å². The number of benzene rings is 1. The second kappa shape index (κ2) is 5.87. The third-order valence-corrected chi connectivity index (χ3v) is 3.51. The van der Waals surface area contributed by atoms with E-state index in [0.29, 0.717) is 13.0 Å². The molecule has 1 N–H and O–H groups in total. The van der Waals surface area contributed by atoms with Gasteiger partial charge in [-0.2, -0.15) is 0 Å². The molecule has 0 saturated heterocycles. The SMILES string of the molecule is CN(Cc1ccc(C(=O)O)cc1)C(=O)CCC1CC1. The predicted octanol–water partition coefficient (Wildman–Crippen LogP) is 2.53. The molecule has 0 atom stereocenters. The molecule has 0 spiro atoms. The number of carboxylic acids is 1. The standard InChI is InChI=1S/C15H19NO3/c1-16(14(17)9-6-11-2-3-11)10-12-4-7-13(8-5-12)15(18)19/h4-5,7-8,11H,2-3,6,9-10H2,1H3,(H,18,19). The molecule has 4 heteroatoms. The Morgan fingerprint density at radius 1 is 1.26 bits per heavy atom. The minimum Gasteiger partial charge on any atom is -0.478 e. The minimum atomic E-state index is -0.930. The molecule has 0 heterocycles. The number of nitrogens with zero attached hydrogens (tertiary/aromatic N) is 1. The summed E-state index contributed by atoms with van der Waals surface area (Å²) in [5, 5.41) is 8.81. The summed E-state index contributed by atoms with van der Waals surface area (Å²) in [4.78, 5) is 24.3. The van der Waals surface area contributed by atoms with Gasteiger partial charge in [-0.1, -0.05) is 25.0 Å². The highest BCUT2D eigenvalue weighted by molar-refractivity contribution is 5.87. The van der Waals surface area contributed by atoms with E-state index in [-0.39, 0.29) is 11.5 Å². The molecule has 19 heavy (non-hydrogen) atoms. The molecule has 1 amide bonds. The zero-order valence-electron chi connectivity index (χ0n) is 11.1. The van der Waals surface area contributed by atoms with Crippen molar-refractivity contribution in [1.82, 2.24) is 4.90 Å². The summed E-state index contributed by atoms with van der Waals surface area (Å²) in [5.74, 6) is 0.00169. The van der Waals surface area contributed by atoms with E-state index in [0.717, 1.165) is 17.9 Å². The summed E-state index contributed by atoms with van der Waals surface area (Å²) in [6.07, 6.45) is 4.16. The van der Waals surface area contributed by atoms with E-state index in [2.05, 4.69) is 0 Å². The van der Waals surface area contributed by atoms with Crippen molar-refractivity contribution < 1.29 is 14.7 Å². The van der Waals surface area contributed by atoms with Crippen molar-refractivity contribution in [3.8, 4) is 0 Å². The molecule has 102 valence electrons. The molecule has 0 aromatic heterocycles. The second-order valence-corrected chi connectivity index (χ2v) is 5.23. The van der Waals surface area contributed by atoms with Crippen LogP contribution in [-0.2, 0) is 11.3 Å². The van der Waals surface area contributed by atoms with Gasteiger partial charge in [-0.3, -0.25) is 4.79 Å². The molecular formula is C15H19NO3. The van der Waals surface area contributed by atoms with E-state index < -0.39 is 5.97 Å². The first-order chi connectivity index (χ1) is 9.06. The Morgan fingerprint density at radius 3 is 2.42 bits per heavy atom. The number of amides is 1. The lowest BCUT2D eigenvalue weighted by Crippen LogP contribution is -2.26. The molecule has 1 aliphatic rings. The fraction of sp³-hybridized carbons (Fsp3) is 0.467. The van der Waals surface area contributed by atoms with Crippen molar-refractivity contribution >= 4 is 11.9 Å². The second-order valence-electron chi connectivity index (χ2n) is 5.23. The Morgan fingerprint density at radius 2 is 1.89 bits per heavy atom. The summed E-state index contributed by atoms with van der Waals surface area (Å²) in [7, 11) is 1.79. The van der Waals surface area contributed by atoms with E-state index in [1.807, 2.05) is 0 Å². The van der Waals surface area contributed by atoms with Crippen LogP contribution in [0.4, 0.5) is 0 Å². The monoisotopic (exact) mass is 261 g/mol. The maximum atomic E-state index is 11.9. The summed E-state index contributed by atoms with van der Waals surface area (Å²) in [6, 6.07) is 6.66. The molecule has 0 unspecified atom stereocenters. The van der Waals surface area contributed by atoms with Crippen molar-refractivity contribution in [2.75, 3.05) is 7.05 Å². The number of carbonyl (C=O) groups is 2. The van der Waals surface area contributed by atoms with Crippen LogP contribution >= 0.6 is 0 Å². The molecule has 0 aliphatic heterocycles. The number of aromatic carboxylic acids is 1. The van der Waals surface area contributed by atoms with Crippen molar-refractivity contribution in [3.63, 3.8) is 0 Å². The van der Waals surface area contributed by atoms with E-state index in [1.54, 1.807) is 36.2 Å². The van der Waals surface area contributed by atoms with Gasteiger partial charge in [0.15, 0.2) is 0 Å². The van der Waals surface area contributed by atoms with Crippen LogP contribution in [0.25, 0.3) is 0 Å². The minimum absolute atomic E-state index is 0.161. The van der Waals surface area contributed by atoms with E-state index in [1.165, 1.54) is 12.8 Å². The van der Waals surface area contributed by atoms with Gasteiger partial charge in [0.2, 0.25) is 5.91 Å². The molecule has 0 bridgehead atoms. The molecule has 1 aliphatic carbocycles. The van der Waals surface area contributed by atoms with Crippen LogP contribution in [-0.4, -0.2) is 28.9 Å². The molecule has 1 aromatic carbocycles. The molecule has 4 nitrogen and oxygen atoms in total. The summed E-state index contributed by atoms with van der Waals surface area (Å²) in [5.41, 5.74) is 1.22. The average Bonchev–Trinajstić information content (AvgIpc) is 3.20. The molecule has 2 rings (SSSR count). The summed E-state index contributed by atoms with van der Waals surface area (Å²) in [6.45, 7) is 0.531. The van der Waals surface area contributed by atoms with Gasteiger partial charge in [-0.05, 0) is 30.0 Å². The predicted molar refractivity (Wildman–Crippen MR) is 71.8 cm³/mol. The van der Waals surface area contributed by atoms with E-state index in [9.17, 15) is 9.59 Å². The quantitative estimate of drug-likeness (QED) is 0.856. The van der Waals surface area contributed by atoms with Gasteiger partial charge < -0.3 is 10.0 Å². The molecular weight excluding hydrogens is 242 g/mol. The molecule has 1 saturated carbocycles. The van der Waals surface area contributed by atoms with E-state index in [4.69, 9.17) is 5.11 Å². The molecule has 1 fully saturated rings. The summed E-state index contributed by atoms with van der Waals surface area (Å²) >= 11 is 0. The lowest BCUT2D eigenvalue weighted by atomic mass is 10.1. The average molecular weight is 261 g/mol.